The first kappa shape index (κ1) is 12.5. The molecule has 1 aliphatic rings. The van der Waals surface area contributed by atoms with E-state index >= 15 is 0 Å². The van der Waals surface area contributed by atoms with Crippen LogP contribution in [0.1, 0.15) is 18.4 Å². The van der Waals surface area contributed by atoms with Crippen LogP contribution in [-0.2, 0) is 4.79 Å². The molecule has 1 aromatic rings. The van der Waals surface area contributed by atoms with Gasteiger partial charge in [0.05, 0.1) is 11.9 Å². The van der Waals surface area contributed by atoms with Crippen molar-refractivity contribution in [1.29, 1.82) is 0 Å². The summed E-state index contributed by atoms with van der Waals surface area (Å²) in [5, 5.41) is 6.15. The van der Waals surface area contributed by atoms with Crippen LogP contribution in [0.25, 0.3) is 0 Å². The monoisotopic (exact) mass is 297 g/mol. The van der Waals surface area contributed by atoms with Crippen molar-refractivity contribution >= 4 is 27.5 Å². The Morgan fingerprint density at radius 2 is 2.53 bits per heavy atom. The highest BCUT2D eigenvalue weighted by Gasteiger charge is 2.18. The van der Waals surface area contributed by atoms with Crippen LogP contribution in [0.3, 0.4) is 0 Å². The lowest BCUT2D eigenvalue weighted by Gasteiger charge is -2.09. The molecule has 1 saturated heterocycles. The molecule has 1 unspecified atom stereocenters. The van der Waals surface area contributed by atoms with Crippen molar-refractivity contribution in [3.05, 3.63) is 22.4 Å². The molecule has 0 saturated carbocycles. The molecular weight excluding hydrogens is 282 g/mol. The van der Waals surface area contributed by atoms with Crippen LogP contribution >= 0.6 is 15.9 Å². The zero-order valence-electron chi connectivity index (χ0n) is 9.79. The Bertz CT molecular complexity index is 416. The summed E-state index contributed by atoms with van der Waals surface area (Å²) in [5.74, 6) is 0.543. The fourth-order valence-corrected chi connectivity index (χ4v) is 2.21. The number of rotatable bonds is 3. The molecular formula is C12H16BrN3O. The molecule has 1 aliphatic heterocycles. The molecule has 0 aliphatic carbocycles. The minimum atomic E-state index is 0.0715. The molecule has 0 spiro atoms. The Kier molecular flexibility index (Phi) is 4.12. The van der Waals surface area contributed by atoms with E-state index < -0.39 is 0 Å². The van der Waals surface area contributed by atoms with Crippen molar-refractivity contribution in [2.75, 3.05) is 18.4 Å². The average molecular weight is 298 g/mol. The van der Waals surface area contributed by atoms with Crippen molar-refractivity contribution in [1.82, 2.24) is 10.3 Å². The van der Waals surface area contributed by atoms with E-state index in [1.807, 2.05) is 13.0 Å². The van der Waals surface area contributed by atoms with E-state index in [-0.39, 0.29) is 5.91 Å². The topological polar surface area (TPSA) is 54.0 Å². The largest absolute Gasteiger partial charge is 0.325 e. The van der Waals surface area contributed by atoms with Gasteiger partial charge in [0.25, 0.3) is 0 Å². The minimum Gasteiger partial charge on any atom is -0.325 e. The molecule has 4 nitrogen and oxygen atoms in total. The summed E-state index contributed by atoms with van der Waals surface area (Å²) in [6.45, 7) is 3.93. The fraction of sp³-hybridized carbons (Fsp3) is 0.500. The Morgan fingerprint density at radius 3 is 3.18 bits per heavy atom. The molecule has 0 bridgehead atoms. The molecule has 1 fully saturated rings. The predicted octanol–water partition coefficient (Wildman–Crippen LogP) is 2.09. The van der Waals surface area contributed by atoms with Gasteiger partial charge in [-0.1, -0.05) is 0 Å². The van der Waals surface area contributed by atoms with E-state index in [4.69, 9.17) is 0 Å². The van der Waals surface area contributed by atoms with Gasteiger partial charge in [-0.3, -0.25) is 4.79 Å². The van der Waals surface area contributed by atoms with E-state index in [1.165, 1.54) is 0 Å². The molecule has 1 aromatic heterocycles. The highest BCUT2D eigenvalue weighted by molar-refractivity contribution is 9.10. The summed E-state index contributed by atoms with van der Waals surface area (Å²) in [6, 6.07) is 1.92. The summed E-state index contributed by atoms with van der Waals surface area (Å²) in [7, 11) is 0. The van der Waals surface area contributed by atoms with Crippen molar-refractivity contribution in [2.24, 2.45) is 5.92 Å². The lowest BCUT2D eigenvalue weighted by molar-refractivity contribution is -0.116. The minimum absolute atomic E-state index is 0.0715. The van der Waals surface area contributed by atoms with Gasteiger partial charge in [0.2, 0.25) is 5.91 Å². The Hall–Kier alpha value is -0.940. The lowest BCUT2D eigenvalue weighted by Crippen LogP contribution is -2.18. The van der Waals surface area contributed by atoms with E-state index in [0.717, 1.165) is 35.4 Å². The molecule has 2 rings (SSSR count). The van der Waals surface area contributed by atoms with Gasteiger partial charge in [-0.25, -0.2) is 4.98 Å². The number of halogens is 1. The Labute approximate surface area is 109 Å². The number of aryl methyl sites for hydroxylation is 1. The van der Waals surface area contributed by atoms with E-state index in [9.17, 15) is 4.79 Å². The summed E-state index contributed by atoms with van der Waals surface area (Å²) in [4.78, 5) is 15.9. The summed E-state index contributed by atoms with van der Waals surface area (Å²) in [5.41, 5.74) is 1.78. The number of anilines is 1. The molecule has 2 N–H and O–H groups in total. The van der Waals surface area contributed by atoms with E-state index in [0.29, 0.717) is 12.3 Å². The molecule has 0 aromatic carbocycles. The zero-order valence-corrected chi connectivity index (χ0v) is 11.4. The van der Waals surface area contributed by atoms with Crippen LogP contribution in [0.5, 0.6) is 0 Å². The third kappa shape index (κ3) is 3.51. The van der Waals surface area contributed by atoms with Gasteiger partial charge in [0.1, 0.15) is 4.60 Å². The van der Waals surface area contributed by atoms with Crippen LogP contribution in [0, 0.1) is 12.8 Å². The molecule has 1 amide bonds. The number of carbonyl (C=O) groups is 1. The van der Waals surface area contributed by atoms with Crippen LogP contribution < -0.4 is 10.6 Å². The van der Waals surface area contributed by atoms with Crippen LogP contribution in [0.4, 0.5) is 5.69 Å². The second-order valence-electron chi connectivity index (χ2n) is 4.44. The molecule has 92 valence electrons. The van der Waals surface area contributed by atoms with Crippen molar-refractivity contribution in [2.45, 2.75) is 19.8 Å². The Balaban J connectivity index is 1.90. The second kappa shape index (κ2) is 5.60. The first-order chi connectivity index (χ1) is 8.15. The molecule has 5 heteroatoms. The molecule has 1 atom stereocenters. The first-order valence-electron chi connectivity index (χ1n) is 5.78. The van der Waals surface area contributed by atoms with E-state index in [2.05, 4.69) is 31.5 Å². The number of hydrogen-bond acceptors (Lipinski definition) is 3. The smallest absolute Gasteiger partial charge is 0.224 e. The predicted molar refractivity (Wildman–Crippen MR) is 70.9 cm³/mol. The maximum atomic E-state index is 11.8. The highest BCUT2D eigenvalue weighted by atomic mass is 79.9. The quantitative estimate of drug-likeness (QED) is 0.840. The third-order valence-electron chi connectivity index (χ3n) is 2.93. The second-order valence-corrected chi connectivity index (χ2v) is 5.19. The van der Waals surface area contributed by atoms with Crippen molar-refractivity contribution in [3.63, 3.8) is 0 Å². The van der Waals surface area contributed by atoms with Crippen LogP contribution in [-0.4, -0.2) is 24.0 Å². The van der Waals surface area contributed by atoms with Gasteiger partial charge in [-0.05, 0) is 59.9 Å². The van der Waals surface area contributed by atoms with Crippen LogP contribution in [0.15, 0.2) is 16.9 Å². The van der Waals surface area contributed by atoms with Crippen LogP contribution in [0.2, 0.25) is 0 Å². The number of nitrogens with zero attached hydrogens (tertiary/aromatic N) is 1. The lowest BCUT2D eigenvalue weighted by atomic mass is 10.0. The molecule has 2 heterocycles. The summed E-state index contributed by atoms with van der Waals surface area (Å²) in [6.07, 6.45) is 3.34. The summed E-state index contributed by atoms with van der Waals surface area (Å²) >= 11 is 3.33. The standard InChI is InChI=1S/C12H16BrN3O/c1-8-4-10(7-15-12(8)13)16-11(17)5-9-2-3-14-6-9/h4,7,9,14H,2-3,5-6H2,1H3,(H,16,17). The maximum Gasteiger partial charge on any atom is 0.224 e. The van der Waals surface area contributed by atoms with Gasteiger partial charge in [0.15, 0.2) is 0 Å². The van der Waals surface area contributed by atoms with Gasteiger partial charge < -0.3 is 10.6 Å². The Morgan fingerprint density at radius 1 is 1.71 bits per heavy atom. The van der Waals surface area contributed by atoms with Gasteiger partial charge in [-0.2, -0.15) is 0 Å². The first-order valence-corrected chi connectivity index (χ1v) is 6.57. The number of hydrogen-bond donors (Lipinski definition) is 2. The van der Waals surface area contributed by atoms with Gasteiger partial charge >= 0.3 is 0 Å². The molecule has 17 heavy (non-hydrogen) atoms. The SMILES string of the molecule is Cc1cc(NC(=O)CC2CCNC2)cnc1Br. The maximum absolute atomic E-state index is 11.8. The summed E-state index contributed by atoms with van der Waals surface area (Å²) < 4.78 is 0.815. The average Bonchev–Trinajstić information content (AvgIpc) is 2.76. The third-order valence-corrected chi connectivity index (χ3v) is 3.76. The number of aromatic nitrogens is 1. The highest BCUT2D eigenvalue weighted by Crippen LogP contribution is 2.18. The molecule has 0 radical (unpaired) electrons. The van der Waals surface area contributed by atoms with Gasteiger partial charge in [-0.15, -0.1) is 0 Å². The fourth-order valence-electron chi connectivity index (χ4n) is 1.99. The van der Waals surface area contributed by atoms with Crippen molar-refractivity contribution in [3.8, 4) is 0 Å². The zero-order chi connectivity index (χ0) is 12.3. The van der Waals surface area contributed by atoms with Crippen molar-refractivity contribution < 1.29 is 4.79 Å². The number of amides is 1. The number of pyridine rings is 1. The van der Waals surface area contributed by atoms with Gasteiger partial charge in [0, 0.05) is 6.42 Å². The van der Waals surface area contributed by atoms with E-state index in [1.54, 1.807) is 6.20 Å². The number of nitrogens with one attached hydrogen (secondary N) is 2. The normalized spacial score (nSPS) is 19.3. The number of carbonyl (C=O) groups excluding carboxylic acids is 1.